The van der Waals surface area contributed by atoms with E-state index >= 15 is 0 Å². The van der Waals surface area contributed by atoms with Gasteiger partial charge in [-0.15, -0.1) is 0 Å². The van der Waals surface area contributed by atoms with Gasteiger partial charge in [-0.05, 0) is 26.0 Å². The van der Waals surface area contributed by atoms with Gasteiger partial charge in [0, 0.05) is 0 Å². The molecule has 0 atom stereocenters. The van der Waals surface area contributed by atoms with Gasteiger partial charge in [0.25, 0.3) is 0 Å². The molecule has 0 aliphatic heterocycles. The van der Waals surface area contributed by atoms with Crippen LogP contribution in [0.5, 0.6) is 0 Å². The molecule has 0 aliphatic carbocycles. The van der Waals surface area contributed by atoms with Crippen molar-refractivity contribution in [3.63, 3.8) is 0 Å². The van der Waals surface area contributed by atoms with Crippen LogP contribution in [0.15, 0.2) is 24.3 Å². The van der Waals surface area contributed by atoms with E-state index in [0.717, 1.165) is 21.0 Å². The Kier molecular flexibility index (Phi) is 3.02. The van der Waals surface area contributed by atoms with Gasteiger partial charge in [0.2, 0.25) is 5.13 Å². The number of fused-ring (bicyclic) bond motifs is 1. The Morgan fingerprint density at radius 3 is 2.75 bits per heavy atom. The molecule has 0 fully saturated rings. The summed E-state index contributed by atoms with van der Waals surface area (Å²) in [7, 11) is 1.37. The van der Waals surface area contributed by atoms with Crippen LogP contribution in [0.4, 0.5) is 0 Å². The fourth-order valence-corrected chi connectivity index (χ4v) is 3.15. The first-order valence-electron chi connectivity index (χ1n) is 6.12. The van der Waals surface area contributed by atoms with E-state index in [0.29, 0.717) is 11.3 Å². The number of hydrogen-bond donors (Lipinski definition) is 0. The van der Waals surface area contributed by atoms with E-state index in [9.17, 15) is 4.79 Å². The monoisotopic (exact) mass is 287 g/mol. The summed E-state index contributed by atoms with van der Waals surface area (Å²) in [6.45, 7) is 3.64. The maximum absolute atomic E-state index is 11.8. The van der Waals surface area contributed by atoms with Gasteiger partial charge in [-0.2, -0.15) is 5.10 Å². The zero-order valence-electron chi connectivity index (χ0n) is 11.4. The second kappa shape index (κ2) is 4.72. The number of rotatable bonds is 2. The highest BCUT2D eigenvalue weighted by Gasteiger charge is 2.21. The molecule has 0 amide bonds. The maximum Gasteiger partial charge on any atom is 0.341 e. The average Bonchev–Trinajstić information content (AvgIpc) is 2.99. The molecule has 3 aromatic rings. The summed E-state index contributed by atoms with van der Waals surface area (Å²) in [5.74, 6) is -0.368. The summed E-state index contributed by atoms with van der Waals surface area (Å²) >= 11 is 1.54. The summed E-state index contributed by atoms with van der Waals surface area (Å²) < 4.78 is 7.59. The first-order chi connectivity index (χ1) is 9.61. The van der Waals surface area contributed by atoms with Crippen LogP contribution in [0.2, 0.25) is 0 Å². The number of benzene rings is 1. The van der Waals surface area contributed by atoms with E-state index in [1.54, 1.807) is 22.9 Å². The van der Waals surface area contributed by atoms with Gasteiger partial charge in [0.05, 0.1) is 28.7 Å². The van der Waals surface area contributed by atoms with Gasteiger partial charge in [-0.25, -0.2) is 14.5 Å². The van der Waals surface area contributed by atoms with Crippen molar-refractivity contribution in [3.05, 3.63) is 41.2 Å². The second-order valence-electron chi connectivity index (χ2n) is 4.41. The second-order valence-corrected chi connectivity index (χ2v) is 5.42. The Balaban J connectivity index is 2.17. The molecule has 0 radical (unpaired) electrons. The quantitative estimate of drug-likeness (QED) is 0.680. The van der Waals surface area contributed by atoms with E-state index in [4.69, 9.17) is 4.74 Å². The van der Waals surface area contributed by atoms with E-state index in [-0.39, 0.29) is 5.97 Å². The first-order valence-corrected chi connectivity index (χ1v) is 6.94. The van der Waals surface area contributed by atoms with Gasteiger partial charge < -0.3 is 4.74 Å². The average molecular weight is 287 g/mol. The summed E-state index contributed by atoms with van der Waals surface area (Å²) in [6, 6.07) is 7.91. The van der Waals surface area contributed by atoms with Crippen LogP contribution in [-0.4, -0.2) is 27.8 Å². The SMILES string of the molecule is COC(=O)c1c(C)nn(-c2nc3ccccc3s2)c1C. The number of hydrogen-bond acceptors (Lipinski definition) is 5. The van der Waals surface area contributed by atoms with Gasteiger partial charge in [0.1, 0.15) is 5.56 Å². The number of para-hydroxylation sites is 1. The number of carbonyl (C=O) groups is 1. The number of carbonyl (C=O) groups excluding carboxylic acids is 1. The highest BCUT2D eigenvalue weighted by atomic mass is 32.1. The molecule has 0 saturated heterocycles. The number of aryl methyl sites for hydroxylation is 1. The zero-order chi connectivity index (χ0) is 14.3. The number of ether oxygens (including phenoxy) is 1. The van der Waals surface area contributed by atoms with Gasteiger partial charge in [-0.3, -0.25) is 0 Å². The molecule has 102 valence electrons. The van der Waals surface area contributed by atoms with Crippen molar-refractivity contribution in [1.29, 1.82) is 0 Å². The third-order valence-corrected chi connectivity index (χ3v) is 4.16. The van der Waals surface area contributed by atoms with Gasteiger partial charge in [-0.1, -0.05) is 23.5 Å². The molecule has 1 aromatic carbocycles. The normalized spacial score (nSPS) is 10.9. The highest BCUT2D eigenvalue weighted by Crippen LogP contribution is 2.26. The van der Waals surface area contributed by atoms with Crippen LogP contribution in [-0.2, 0) is 4.74 Å². The lowest BCUT2D eigenvalue weighted by molar-refractivity contribution is 0.0599. The van der Waals surface area contributed by atoms with Crippen LogP contribution in [0, 0.1) is 13.8 Å². The van der Waals surface area contributed by atoms with E-state index in [1.807, 2.05) is 31.2 Å². The zero-order valence-corrected chi connectivity index (χ0v) is 12.2. The van der Waals surface area contributed by atoms with E-state index < -0.39 is 0 Å². The van der Waals surface area contributed by atoms with Crippen LogP contribution in [0.25, 0.3) is 15.3 Å². The lowest BCUT2D eigenvalue weighted by Gasteiger charge is -2.00. The highest BCUT2D eigenvalue weighted by molar-refractivity contribution is 7.20. The molecule has 0 N–H and O–H groups in total. The molecule has 2 aromatic heterocycles. The third kappa shape index (κ3) is 1.89. The molecule has 0 spiro atoms. The van der Waals surface area contributed by atoms with Crippen molar-refractivity contribution in [1.82, 2.24) is 14.8 Å². The molecule has 0 unspecified atom stereocenters. The summed E-state index contributed by atoms with van der Waals surface area (Å²) in [4.78, 5) is 16.3. The molecule has 20 heavy (non-hydrogen) atoms. The summed E-state index contributed by atoms with van der Waals surface area (Å²) in [6.07, 6.45) is 0. The lowest BCUT2D eigenvalue weighted by atomic mass is 10.2. The Hall–Kier alpha value is -2.21. The molecule has 3 rings (SSSR count). The van der Waals surface area contributed by atoms with Crippen molar-refractivity contribution in [2.75, 3.05) is 7.11 Å². The molecular formula is C14H13N3O2S. The van der Waals surface area contributed by atoms with Crippen LogP contribution < -0.4 is 0 Å². The topological polar surface area (TPSA) is 57.0 Å². The van der Waals surface area contributed by atoms with Crippen molar-refractivity contribution in [2.24, 2.45) is 0 Å². The van der Waals surface area contributed by atoms with E-state index in [2.05, 4.69) is 10.1 Å². The standard InChI is InChI=1S/C14H13N3O2S/c1-8-12(13(18)19-3)9(2)17(16-8)14-15-10-6-4-5-7-11(10)20-14/h4-7H,1-3H3. The van der Waals surface area contributed by atoms with Crippen molar-refractivity contribution >= 4 is 27.5 Å². The van der Waals surface area contributed by atoms with Crippen LogP contribution in [0.3, 0.4) is 0 Å². The van der Waals surface area contributed by atoms with E-state index in [1.165, 1.54) is 7.11 Å². The maximum atomic E-state index is 11.8. The largest absolute Gasteiger partial charge is 0.465 e. The molecular weight excluding hydrogens is 274 g/mol. The Morgan fingerprint density at radius 2 is 2.05 bits per heavy atom. The molecule has 0 saturated carbocycles. The Labute approximate surface area is 119 Å². The van der Waals surface area contributed by atoms with Crippen molar-refractivity contribution in [3.8, 4) is 5.13 Å². The predicted octanol–water partition coefficient (Wildman–Crippen LogP) is 2.89. The molecule has 5 nitrogen and oxygen atoms in total. The minimum atomic E-state index is -0.368. The fourth-order valence-electron chi connectivity index (χ4n) is 2.18. The Bertz CT molecular complexity index is 771. The minimum Gasteiger partial charge on any atom is -0.465 e. The molecule has 6 heteroatoms. The van der Waals surface area contributed by atoms with Crippen LogP contribution >= 0.6 is 11.3 Å². The van der Waals surface area contributed by atoms with Crippen LogP contribution in [0.1, 0.15) is 21.7 Å². The van der Waals surface area contributed by atoms with Gasteiger partial charge in [0.15, 0.2) is 0 Å². The summed E-state index contributed by atoms with van der Waals surface area (Å²) in [5.41, 5.74) is 2.83. The number of methoxy groups -OCH3 is 1. The number of esters is 1. The molecule has 0 bridgehead atoms. The molecule has 2 heterocycles. The van der Waals surface area contributed by atoms with Gasteiger partial charge >= 0.3 is 5.97 Å². The summed E-state index contributed by atoms with van der Waals surface area (Å²) in [5, 5.41) is 5.16. The first kappa shape index (κ1) is 12.8. The Morgan fingerprint density at radius 1 is 1.30 bits per heavy atom. The van der Waals surface area contributed by atoms with Crippen molar-refractivity contribution in [2.45, 2.75) is 13.8 Å². The van der Waals surface area contributed by atoms with Crippen molar-refractivity contribution < 1.29 is 9.53 Å². The number of nitrogens with zero attached hydrogens (tertiary/aromatic N) is 3. The molecule has 0 aliphatic rings. The smallest absolute Gasteiger partial charge is 0.341 e. The lowest BCUT2D eigenvalue weighted by Crippen LogP contribution is -2.05. The third-order valence-electron chi connectivity index (χ3n) is 3.14. The number of thiazole rings is 1. The number of aromatic nitrogens is 3. The fraction of sp³-hybridized carbons (Fsp3) is 0.214. The predicted molar refractivity (Wildman–Crippen MR) is 77.6 cm³/mol. The minimum absolute atomic E-state index is 0.368.